The zero-order valence-electron chi connectivity index (χ0n) is 9.30. The Labute approximate surface area is 102 Å². The topological polar surface area (TPSA) is 76.8 Å². The van der Waals surface area contributed by atoms with Gasteiger partial charge in [-0.15, -0.1) is 0 Å². The van der Waals surface area contributed by atoms with Crippen LogP contribution in [0.25, 0.3) is 11.4 Å². The van der Waals surface area contributed by atoms with Gasteiger partial charge in [-0.25, -0.2) is 0 Å². The van der Waals surface area contributed by atoms with Crippen LogP contribution in [-0.2, 0) is 7.05 Å². The molecule has 0 aliphatic rings. The molecule has 0 saturated carbocycles. The molecule has 2 aromatic rings. The first-order valence-corrected chi connectivity index (χ1v) is 5.27. The van der Waals surface area contributed by atoms with Gasteiger partial charge in [0.15, 0.2) is 5.82 Å². The van der Waals surface area contributed by atoms with Gasteiger partial charge in [-0.1, -0.05) is 0 Å². The molecule has 0 spiro atoms. The van der Waals surface area contributed by atoms with Gasteiger partial charge < -0.3 is 0 Å². The summed E-state index contributed by atoms with van der Waals surface area (Å²) in [6.07, 6.45) is 0. The van der Waals surface area contributed by atoms with E-state index in [1.807, 2.05) is 6.07 Å². The Morgan fingerprint density at radius 3 is 2.71 bits per heavy atom. The molecular weight excluding hydrogens is 240 g/mol. The summed E-state index contributed by atoms with van der Waals surface area (Å²) in [5.74, 6) is 0.532. The molecule has 7 heteroatoms. The molecule has 1 aromatic carbocycles. The van der Waals surface area contributed by atoms with Crippen molar-refractivity contribution < 1.29 is 4.92 Å². The van der Waals surface area contributed by atoms with Crippen LogP contribution < -0.4 is 0 Å². The minimum atomic E-state index is -0.423. The first-order chi connectivity index (χ1) is 7.97. The van der Waals surface area contributed by atoms with Gasteiger partial charge in [0.05, 0.1) is 4.92 Å². The van der Waals surface area contributed by atoms with Crippen LogP contribution in [0.1, 0.15) is 5.56 Å². The van der Waals surface area contributed by atoms with Crippen molar-refractivity contribution in [2.45, 2.75) is 6.92 Å². The highest BCUT2D eigenvalue weighted by molar-refractivity contribution is 7.71. The molecule has 1 N–H and O–H groups in total. The van der Waals surface area contributed by atoms with Gasteiger partial charge in [0, 0.05) is 24.7 Å². The average Bonchev–Trinajstić information content (AvgIpc) is 2.58. The third kappa shape index (κ3) is 2.23. The third-order valence-electron chi connectivity index (χ3n) is 2.31. The van der Waals surface area contributed by atoms with Crippen molar-refractivity contribution in [3.8, 4) is 11.4 Å². The number of benzene rings is 1. The molecule has 1 heterocycles. The fraction of sp³-hybridized carbons (Fsp3) is 0.200. The number of nitrogens with one attached hydrogen (secondary N) is 1. The van der Waals surface area contributed by atoms with Crippen LogP contribution in [0, 0.1) is 21.8 Å². The summed E-state index contributed by atoms with van der Waals surface area (Å²) in [4.78, 5) is 14.5. The molecule has 0 unspecified atom stereocenters. The molecule has 0 radical (unpaired) electrons. The van der Waals surface area contributed by atoms with Crippen LogP contribution in [-0.4, -0.2) is 19.7 Å². The van der Waals surface area contributed by atoms with Gasteiger partial charge in [0.2, 0.25) is 4.77 Å². The van der Waals surface area contributed by atoms with Crippen LogP contribution >= 0.6 is 12.2 Å². The first kappa shape index (κ1) is 11.5. The highest BCUT2D eigenvalue weighted by Crippen LogP contribution is 2.23. The monoisotopic (exact) mass is 250 g/mol. The van der Waals surface area contributed by atoms with Crippen LogP contribution in [0.15, 0.2) is 18.2 Å². The van der Waals surface area contributed by atoms with Crippen LogP contribution in [0.3, 0.4) is 0 Å². The summed E-state index contributed by atoms with van der Waals surface area (Å²) in [7, 11) is 1.74. The normalized spacial score (nSPS) is 10.5. The van der Waals surface area contributed by atoms with E-state index in [2.05, 4.69) is 10.1 Å². The Morgan fingerprint density at radius 2 is 2.18 bits per heavy atom. The third-order valence-corrected chi connectivity index (χ3v) is 2.68. The van der Waals surface area contributed by atoms with Crippen molar-refractivity contribution >= 4 is 17.9 Å². The smallest absolute Gasteiger partial charge is 0.270 e. The molecule has 0 atom stereocenters. The van der Waals surface area contributed by atoms with E-state index >= 15 is 0 Å². The van der Waals surface area contributed by atoms with E-state index in [0.717, 1.165) is 5.56 Å². The van der Waals surface area contributed by atoms with E-state index in [1.54, 1.807) is 18.7 Å². The van der Waals surface area contributed by atoms with Crippen molar-refractivity contribution in [3.63, 3.8) is 0 Å². The number of aromatic amines is 1. The van der Waals surface area contributed by atoms with Gasteiger partial charge in [0.1, 0.15) is 0 Å². The summed E-state index contributed by atoms with van der Waals surface area (Å²) in [6.45, 7) is 1.80. The Hall–Kier alpha value is -2.02. The van der Waals surface area contributed by atoms with E-state index in [-0.39, 0.29) is 5.69 Å². The van der Waals surface area contributed by atoms with E-state index in [9.17, 15) is 10.1 Å². The number of H-pyrrole nitrogens is 1. The fourth-order valence-corrected chi connectivity index (χ4v) is 1.67. The van der Waals surface area contributed by atoms with E-state index in [0.29, 0.717) is 16.2 Å². The second kappa shape index (κ2) is 4.10. The lowest BCUT2D eigenvalue weighted by atomic mass is 10.1. The summed E-state index contributed by atoms with van der Waals surface area (Å²) >= 11 is 4.98. The number of nitrogens with zero attached hydrogens (tertiary/aromatic N) is 3. The van der Waals surface area contributed by atoms with E-state index in [4.69, 9.17) is 12.2 Å². The van der Waals surface area contributed by atoms with E-state index in [1.165, 1.54) is 12.1 Å². The second-order valence-corrected chi connectivity index (χ2v) is 4.09. The van der Waals surface area contributed by atoms with Crippen molar-refractivity contribution in [1.29, 1.82) is 0 Å². The lowest BCUT2D eigenvalue weighted by molar-refractivity contribution is -0.384. The minimum Gasteiger partial charge on any atom is -0.279 e. The van der Waals surface area contributed by atoms with Gasteiger partial charge in [0.25, 0.3) is 5.69 Å². The molecule has 0 amide bonds. The van der Waals surface area contributed by atoms with Crippen LogP contribution in [0.5, 0.6) is 0 Å². The molecule has 0 saturated heterocycles. The van der Waals surface area contributed by atoms with Gasteiger partial charge in [-0.2, -0.15) is 4.98 Å². The van der Waals surface area contributed by atoms with Crippen molar-refractivity contribution in [2.24, 2.45) is 7.05 Å². The Balaban J connectivity index is 2.59. The summed E-state index contributed by atoms with van der Waals surface area (Å²) < 4.78 is 1.99. The van der Waals surface area contributed by atoms with Crippen molar-refractivity contribution in [1.82, 2.24) is 14.8 Å². The molecule has 0 bridgehead atoms. The summed E-state index contributed by atoms with van der Waals surface area (Å²) in [6, 6.07) is 4.81. The number of aryl methyl sites for hydroxylation is 2. The molecule has 0 aliphatic heterocycles. The highest BCUT2D eigenvalue weighted by Gasteiger charge is 2.11. The summed E-state index contributed by atoms with van der Waals surface area (Å²) in [5.41, 5.74) is 1.51. The highest BCUT2D eigenvalue weighted by atomic mass is 32.1. The fourth-order valence-electron chi connectivity index (χ4n) is 1.54. The van der Waals surface area contributed by atoms with Crippen LogP contribution in [0.4, 0.5) is 5.69 Å². The SMILES string of the molecule is Cc1cc(-c2nc(=S)n(C)[nH]2)cc([N+](=O)[O-])c1. The number of rotatable bonds is 2. The van der Waals surface area contributed by atoms with Crippen molar-refractivity contribution in [3.05, 3.63) is 38.6 Å². The molecule has 1 aromatic heterocycles. The maximum Gasteiger partial charge on any atom is 0.270 e. The predicted octanol–water partition coefficient (Wildman–Crippen LogP) is 2.36. The minimum absolute atomic E-state index is 0.0463. The molecule has 2 rings (SSSR count). The maximum atomic E-state index is 10.8. The predicted molar refractivity (Wildman–Crippen MR) is 65.2 cm³/mol. The van der Waals surface area contributed by atoms with Crippen molar-refractivity contribution in [2.75, 3.05) is 0 Å². The van der Waals surface area contributed by atoms with Gasteiger partial charge >= 0.3 is 0 Å². The van der Waals surface area contributed by atoms with E-state index < -0.39 is 4.92 Å². The quantitative estimate of drug-likeness (QED) is 0.504. The zero-order valence-corrected chi connectivity index (χ0v) is 10.1. The second-order valence-electron chi connectivity index (χ2n) is 3.73. The Kier molecular flexibility index (Phi) is 2.76. The number of non-ortho nitro benzene ring substituents is 1. The molecule has 0 aliphatic carbocycles. The first-order valence-electron chi connectivity index (χ1n) is 4.87. The Morgan fingerprint density at radius 1 is 1.47 bits per heavy atom. The Bertz CT molecular complexity index is 644. The average molecular weight is 250 g/mol. The number of aromatic nitrogens is 3. The maximum absolute atomic E-state index is 10.8. The molecular formula is C10H10N4O2S. The molecule has 88 valence electrons. The largest absolute Gasteiger partial charge is 0.279 e. The number of hydrogen-bond acceptors (Lipinski definition) is 4. The molecule has 6 nitrogen and oxygen atoms in total. The lowest BCUT2D eigenvalue weighted by Crippen LogP contribution is -1.92. The van der Waals surface area contributed by atoms with Gasteiger partial charge in [-0.3, -0.25) is 19.9 Å². The standard InChI is InChI=1S/C10H10N4O2S/c1-6-3-7(5-8(4-6)14(15)16)9-11-10(17)13(2)12-9/h3-5H,1-2H3,(H,11,12,17). The number of nitro groups is 1. The molecule has 17 heavy (non-hydrogen) atoms. The van der Waals surface area contributed by atoms with Gasteiger partial charge in [-0.05, 0) is 30.8 Å². The lowest BCUT2D eigenvalue weighted by Gasteiger charge is -1.99. The zero-order chi connectivity index (χ0) is 12.6. The van der Waals surface area contributed by atoms with Crippen LogP contribution in [0.2, 0.25) is 0 Å². The number of hydrogen-bond donors (Lipinski definition) is 1. The summed E-state index contributed by atoms with van der Waals surface area (Å²) in [5, 5.41) is 13.7. The number of nitro benzene ring substituents is 1. The molecule has 0 fully saturated rings.